The summed E-state index contributed by atoms with van der Waals surface area (Å²) in [7, 11) is 0. The maximum Gasteiger partial charge on any atom is 0.433 e. The fourth-order valence-electron chi connectivity index (χ4n) is 1.75. The Labute approximate surface area is 144 Å². The van der Waals surface area contributed by atoms with Crippen molar-refractivity contribution in [1.82, 2.24) is 5.32 Å². The van der Waals surface area contributed by atoms with Gasteiger partial charge in [0.1, 0.15) is 17.3 Å². The first-order valence-corrected chi connectivity index (χ1v) is 7.05. The highest BCUT2D eigenvalue weighted by molar-refractivity contribution is 5.91. The van der Waals surface area contributed by atoms with Crippen LogP contribution >= 0.6 is 0 Å². The Bertz CT molecular complexity index is 865. The highest BCUT2D eigenvalue weighted by atomic mass is 19.4. The van der Waals surface area contributed by atoms with Crippen LogP contribution in [0.4, 0.5) is 19.1 Å². The van der Waals surface area contributed by atoms with Crippen LogP contribution in [0, 0.1) is 22.0 Å². The van der Waals surface area contributed by atoms with Gasteiger partial charge in [-0.25, -0.2) is 0 Å². The van der Waals surface area contributed by atoms with E-state index in [1.807, 2.05) is 0 Å². The molecule has 136 valence electrons. The fourth-order valence-corrected chi connectivity index (χ4v) is 1.75. The average molecular weight is 368 g/mol. The van der Waals surface area contributed by atoms with Crippen molar-refractivity contribution in [2.75, 3.05) is 13.2 Å². The van der Waals surface area contributed by atoms with Crippen LogP contribution in [0.25, 0.3) is 0 Å². The first-order valence-electron chi connectivity index (χ1n) is 7.05. The Hall–Kier alpha value is -3.48. The van der Waals surface area contributed by atoms with E-state index in [9.17, 15) is 28.1 Å². The summed E-state index contributed by atoms with van der Waals surface area (Å²) in [6.45, 7) is -0.275. The van der Waals surface area contributed by atoms with Crippen LogP contribution in [0.5, 0.6) is 5.75 Å². The highest BCUT2D eigenvalue weighted by Gasteiger charge is 2.30. The van der Waals surface area contributed by atoms with E-state index in [0.717, 1.165) is 24.3 Å². The molecule has 26 heavy (non-hydrogen) atoms. The number of amides is 1. The van der Waals surface area contributed by atoms with Crippen molar-refractivity contribution < 1.29 is 32.0 Å². The van der Waals surface area contributed by atoms with Gasteiger partial charge in [-0.3, -0.25) is 14.9 Å². The van der Waals surface area contributed by atoms with Gasteiger partial charge in [0.05, 0.1) is 18.2 Å². The lowest BCUT2D eigenvalue weighted by atomic mass is 10.2. The van der Waals surface area contributed by atoms with Crippen molar-refractivity contribution in [3.63, 3.8) is 0 Å². The van der Waals surface area contributed by atoms with Crippen molar-refractivity contribution in [1.29, 1.82) is 0 Å². The predicted molar refractivity (Wildman–Crippen MR) is 82.4 cm³/mol. The molecule has 1 aromatic heterocycles. The van der Waals surface area contributed by atoms with Gasteiger partial charge in [0.2, 0.25) is 0 Å². The Balaban J connectivity index is 1.78. The number of halogens is 3. The number of carbonyl (C=O) groups excluding carboxylic acids is 1. The summed E-state index contributed by atoms with van der Waals surface area (Å²) in [6, 6.07) is 6.55. The smallest absolute Gasteiger partial charge is 0.433 e. The molecule has 0 aliphatic heterocycles. The topological polar surface area (TPSA) is 94.6 Å². The van der Waals surface area contributed by atoms with E-state index >= 15 is 0 Å². The molecule has 0 saturated heterocycles. The molecule has 2 aromatic rings. The lowest BCUT2D eigenvalue weighted by Crippen LogP contribution is -2.23. The predicted octanol–water partition coefficient (Wildman–Crippen LogP) is 3.02. The molecule has 0 spiro atoms. The van der Waals surface area contributed by atoms with E-state index in [1.165, 1.54) is 12.1 Å². The van der Waals surface area contributed by atoms with Crippen LogP contribution in [0.3, 0.4) is 0 Å². The first kappa shape index (κ1) is 18.9. The third-order valence-corrected chi connectivity index (χ3v) is 2.93. The fraction of sp³-hybridized carbons (Fsp3) is 0.188. The van der Waals surface area contributed by atoms with Crippen LogP contribution in [0.1, 0.15) is 16.1 Å². The highest BCUT2D eigenvalue weighted by Crippen LogP contribution is 2.31. The van der Waals surface area contributed by atoms with E-state index < -0.39 is 28.5 Å². The van der Waals surface area contributed by atoms with Gasteiger partial charge < -0.3 is 14.5 Å². The molecule has 1 N–H and O–H groups in total. The lowest BCUT2D eigenvalue weighted by molar-refractivity contribution is -0.402. The molecular weight excluding hydrogens is 357 g/mol. The molecule has 7 nitrogen and oxygen atoms in total. The van der Waals surface area contributed by atoms with Crippen molar-refractivity contribution in [2.24, 2.45) is 0 Å². The van der Waals surface area contributed by atoms with Gasteiger partial charge in [-0.15, -0.1) is 0 Å². The second-order valence-electron chi connectivity index (χ2n) is 4.75. The van der Waals surface area contributed by atoms with Crippen molar-refractivity contribution in [3.05, 3.63) is 57.8 Å². The maximum atomic E-state index is 12.5. The van der Waals surface area contributed by atoms with E-state index in [-0.39, 0.29) is 24.7 Å². The van der Waals surface area contributed by atoms with Gasteiger partial charge in [0, 0.05) is 0 Å². The summed E-state index contributed by atoms with van der Waals surface area (Å²) in [5.74, 6) is 3.57. The second-order valence-corrected chi connectivity index (χ2v) is 4.75. The van der Waals surface area contributed by atoms with Crippen LogP contribution in [0.2, 0.25) is 0 Å². The average Bonchev–Trinajstić information content (AvgIpc) is 3.08. The van der Waals surface area contributed by atoms with E-state index in [2.05, 4.69) is 17.2 Å². The number of hydrogen-bond donors (Lipinski definition) is 1. The van der Waals surface area contributed by atoms with Gasteiger partial charge in [-0.2, -0.15) is 13.2 Å². The van der Waals surface area contributed by atoms with Gasteiger partial charge >= 0.3 is 12.1 Å². The first-order chi connectivity index (χ1) is 12.3. The summed E-state index contributed by atoms with van der Waals surface area (Å²) in [5, 5.41) is 12.8. The Kier molecular flexibility index (Phi) is 5.85. The zero-order chi connectivity index (χ0) is 19.2. The number of nitro groups is 1. The number of nitrogens with zero attached hydrogens (tertiary/aromatic N) is 1. The third kappa shape index (κ3) is 5.27. The minimum Gasteiger partial charge on any atom is -0.481 e. The molecule has 0 fully saturated rings. The number of benzene rings is 1. The maximum absolute atomic E-state index is 12.5. The number of carbonyl (C=O) groups is 1. The van der Waals surface area contributed by atoms with Crippen molar-refractivity contribution >= 4 is 11.8 Å². The van der Waals surface area contributed by atoms with Crippen LogP contribution in [0.15, 0.2) is 40.8 Å². The van der Waals surface area contributed by atoms with E-state index in [0.29, 0.717) is 0 Å². The molecule has 0 unspecified atom stereocenters. The van der Waals surface area contributed by atoms with Crippen molar-refractivity contribution in [3.8, 4) is 17.6 Å². The van der Waals surface area contributed by atoms with Gasteiger partial charge in [-0.05, 0) is 24.3 Å². The molecule has 0 bridgehead atoms. The van der Waals surface area contributed by atoms with Crippen LogP contribution in [-0.2, 0) is 6.18 Å². The molecule has 0 aliphatic carbocycles. The van der Waals surface area contributed by atoms with E-state index in [4.69, 9.17) is 9.15 Å². The number of alkyl halides is 3. The molecule has 0 aliphatic rings. The summed E-state index contributed by atoms with van der Waals surface area (Å²) in [4.78, 5) is 21.3. The van der Waals surface area contributed by atoms with Gasteiger partial charge in [0.25, 0.3) is 5.91 Å². The molecule has 2 rings (SSSR count). The monoisotopic (exact) mass is 368 g/mol. The molecule has 1 amide bonds. The normalized spacial score (nSPS) is 10.6. The van der Waals surface area contributed by atoms with Gasteiger partial charge in [-0.1, -0.05) is 17.9 Å². The quantitative estimate of drug-likeness (QED) is 0.497. The number of hydrogen-bond acceptors (Lipinski definition) is 5. The summed E-state index contributed by atoms with van der Waals surface area (Å²) >= 11 is 0. The van der Waals surface area contributed by atoms with Crippen molar-refractivity contribution in [2.45, 2.75) is 6.18 Å². The molecule has 0 radical (unpaired) electrons. The number of ether oxygens (including phenoxy) is 1. The number of rotatable bonds is 5. The molecule has 10 heteroatoms. The largest absolute Gasteiger partial charge is 0.481 e. The van der Waals surface area contributed by atoms with Gasteiger partial charge in [0.15, 0.2) is 5.76 Å². The third-order valence-electron chi connectivity index (χ3n) is 2.93. The molecule has 1 heterocycles. The SMILES string of the molecule is O=C(NCC#CCOc1cccc(C(F)(F)F)c1)c1ccc([N+](=O)[O-])o1. The number of nitrogens with one attached hydrogen (secondary N) is 1. The summed E-state index contributed by atoms with van der Waals surface area (Å²) in [5.41, 5.74) is -0.831. The Morgan fingerprint density at radius 2 is 2.04 bits per heavy atom. The van der Waals surface area contributed by atoms with E-state index in [1.54, 1.807) is 0 Å². The lowest BCUT2D eigenvalue weighted by Gasteiger charge is -2.08. The van der Waals surface area contributed by atoms with Crippen LogP contribution < -0.4 is 10.1 Å². The minimum atomic E-state index is -4.46. The molecule has 0 saturated carbocycles. The standard InChI is InChI=1S/C16H11F3N2O5/c17-16(18,19)11-4-3-5-12(10-11)25-9-2-1-8-20-15(22)13-6-7-14(26-13)21(23)24/h3-7,10H,8-9H2,(H,20,22). The number of furan rings is 1. The molecule has 1 aromatic carbocycles. The molecule has 0 atom stereocenters. The Morgan fingerprint density at radius 3 is 2.69 bits per heavy atom. The zero-order valence-electron chi connectivity index (χ0n) is 13.0. The zero-order valence-corrected chi connectivity index (χ0v) is 13.0. The summed E-state index contributed by atoms with van der Waals surface area (Å²) in [6.07, 6.45) is -4.46. The minimum absolute atomic E-state index is 0.0149. The van der Waals surface area contributed by atoms with Crippen LogP contribution in [-0.4, -0.2) is 24.0 Å². The second kappa shape index (κ2) is 8.06. The Morgan fingerprint density at radius 1 is 1.27 bits per heavy atom. The molecular formula is C16H11F3N2O5. The summed E-state index contributed by atoms with van der Waals surface area (Å²) < 4.78 is 47.4.